The SMILES string of the molecule is CNc1nccc2cc(-c3c(-c4nnc(C)o4)c(CC4CCOCC4)nc4c3S(=O)CC4C(C)C)sc12. The molecule has 0 amide bonds. The van der Waals surface area contributed by atoms with Gasteiger partial charge in [-0.25, -0.2) is 4.98 Å². The van der Waals surface area contributed by atoms with Crippen LogP contribution in [0, 0.1) is 18.8 Å². The lowest BCUT2D eigenvalue weighted by Gasteiger charge is -2.24. The Kier molecular flexibility index (Phi) is 6.58. The molecule has 4 aromatic rings. The highest BCUT2D eigenvalue weighted by Gasteiger charge is 2.39. The van der Waals surface area contributed by atoms with Crippen LogP contribution in [0.3, 0.4) is 0 Å². The fourth-order valence-corrected chi connectivity index (χ4v) is 8.63. The molecule has 10 heteroatoms. The van der Waals surface area contributed by atoms with Crippen LogP contribution in [-0.4, -0.2) is 50.4 Å². The summed E-state index contributed by atoms with van der Waals surface area (Å²) in [7, 11) is 0.703. The van der Waals surface area contributed by atoms with Gasteiger partial charge in [-0.1, -0.05) is 13.8 Å². The van der Waals surface area contributed by atoms with Gasteiger partial charge >= 0.3 is 0 Å². The fraction of sp³-hybridized carbons (Fsp3) is 0.481. The van der Waals surface area contributed by atoms with Crippen molar-refractivity contribution in [3.8, 4) is 21.9 Å². The second-order valence-electron chi connectivity index (χ2n) is 10.2. The second kappa shape index (κ2) is 9.89. The highest BCUT2D eigenvalue weighted by atomic mass is 32.2. The molecule has 4 aromatic heterocycles. The van der Waals surface area contributed by atoms with Crippen molar-refractivity contribution in [3.63, 3.8) is 0 Å². The number of anilines is 1. The zero-order valence-electron chi connectivity index (χ0n) is 21.5. The summed E-state index contributed by atoms with van der Waals surface area (Å²) >= 11 is 1.65. The highest BCUT2D eigenvalue weighted by molar-refractivity contribution is 7.85. The molecule has 2 aliphatic rings. The maximum atomic E-state index is 13.8. The van der Waals surface area contributed by atoms with Crippen LogP contribution >= 0.6 is 11.3 Å². The summed E-state index contributed by atoms with van der Waals surface area (Å²) in [5, 5.41) is 12.9. The fourth-order valence-electron chi connectivity index (χ4n) is 5.45. The zero-order chi connectivity index (χ0) is 25.7. The number of hydrogen-bond donors (Lipinski definition) is 1. The summed E-state index contributed by atoms with van der Waals surface area (Å²) in [5.41, 5.74) is 3.68. The van der Waals surface area contributed by atoms with E-state index in [9.17, 15) is 4.21 Å². The quantitative estimate of drug-likeness (QED) is 0.340. The molecule has 6 heterocycles. The van der Waals surface area contributed by atoms with Gasteiger partial charge in [0.05, 0.1) is 37.3 Å². The predicted molar refractivity (Wildman–Crippen MR) is 147 cm³/mol. The molecule has 2 atom stereocenters. The van der Waals surface area contributed by atoms with E-state index in [1.165, 1.54) is 0 Å². The number of nitrogens with zero attached hydrogens (tertiary/aromatic N) is 4. The van der Waals surface area contributed by atoms with Crippen LogP contribution < -0.4 is 5.32 Å². The molecule has 6 rings (SSSR count). The van der Waals surface area contributed by atoms with E-state index in [0.29, 0.717) is 29.4 Å². The summed E-state index contributed by atoms with van der Waals surface area (Å²) in [6.07, 6.45) is 4.60. The van der Waals surface area contributed by atoms with Gasteiger partial charge in [0.1, 0.15) is 5.82 Å². The summed E-state index contributed by atoms with van der Waals surface area (Å²) in [6.45, 7) is 7.72. The van der Waals surface area contributed by atoms with Crippen LogP contribution in [0.15, 0.2) is 27.6 Å². The van der Waals surface area contributed by atoms with Crippen molar-refractivity contribution in [2.24, 2.45) is 11.8 Å². The molecule has 8 nitrogen and oxygen atoms in total. The van der Waals surface area contributed by atoms with Gasteiger partial charge in [-0.15, -0.1) is 21.5 Å². The van der Waals surface area contributed by atoms with E-state index in [0.717, 1.165) is 80.7 Å². The number of hydrogen-bond acceptors (Lipinski definition) is 9. The maximum Gasteiger partial charge on any atom is 0.250 e. The van der Waals surface area contributed by atoms with E-state index >= 15 is 0 Å². The second-order valence-corrected chi connectivity index (χ2v) is 12.7. The molecule has 0 aliphatic carbocycles. The van der Waals surface area contributed by atoms with Crippen molar-refractivity contribution in [3.05, 3.63) is 35.6 Å². The normalized spacial score (nSPS) is 20.1. The zero-order valence-corrected chi connectivity index (χ0v) is 23.2. The summed E-state index contributed by atoms with van der Waals surface area (Å²) < 4.78 is 26.5. The minimum atomic E-state index is -1.18. The van der Waals surface area contributed by atoms with E-state index in [1.54, 1.807) is 18.3 Å². The summed E-state index contributed by atoms with van der Waals surface area (Å²) in [6, 6.07) is 4.19. The third-order valence-corrected chi connectivity index (χ3v) is 10.2. The molecule has 0 aromatic carbocycles. The maximum absolute atomic E-state index is 13.8. The molecule has 2 unspecified atom stereocenters. The molecular weight excluding hydrogens is 506 g/mol. The van der Waals surface area contributed by atoms with Crippen molar-refractivity contribution in [2.45, 2.75) is 50.8 Å². The number of rotatable bonds is 6. The Morgan fingerprint density at radius 3 is 2.73 bits per heavy atom. The third-order valence-electron chi connectivity index (χ3n) is 7.45. The largest absolute Gasteiger partial charge is 0.421 e. The van der Waals surface area contributed by atoms with Crippen LogP contribution in [0.4, 0.5) is 5.82 Å². The smallest absolute Gasteiger partial charge is 0.250 e. The molecule has 1 fully saturated rings. The highest BCUT2D eigenvalue weighted by Crippen LogP contribution is 2.50. The first kappa shape index (κ1) is 24.6. The number of thiophene rings is 1. The Hall–Kier alpha value is -2.69. The topological polar surface area (TPSA) is 103 Å². The summed E-state index contributed by atoms with van der Waals surface area (Å²) in [4.78, 5) is 11.6. The van der Waals surface area contributed by atoms with Gasteiger partial charge in [0.15, 0.2) is 0 Å². The van der Waals surface area contributed by atoms with Crippen molar-refractivity contribution < 1.29 is 13.4 Å². The van der Waals surface area contributed by atoms with Crippen LogP contribution in [0.25, 0.3) is 32.0 Å². The van der Waals surface area contributed by atoms with E-state index in [-0.39, 0.29) is 5.92 Å². The monoisotopic (exact) mass is 537 g/mol. The first-order chi connectivity index (χ1) is 17.9. The van der Waals surface area contributed by atoms with Gasteiger partial charge in [-0.05, 0) is 48.6 Å². The Bertz CT molecular complexity index is 1490. The lowest BCUT2D eigenvalue weighted by molar-refractivity contribution is 0.0663. The van der Waals surface area contributed by atoms with E-state index in [1.807, 2.05) is 19.3 Å². The van der Waals surface area contributed by atoms with E-state index in [4.69, 9.17) is 14.1 Å². The number of ether oxygens (including phenoxy) is 1. The Morgan fingerprint density at radius 2 is 2.03 bits per heavy atom. The van der Waals surface area contributed by atoms with Crippen molar-refractivity contribution in [2.75, 3.05) is 31.3 Å². The van der Waals surface area contributed by atoms with Crippen LogP contribution in [0.2, 0.25) is 0 Å². The lowest BCUT2D eigenvalue weighted by atomic mass is 9.88. The standard InChI is InChI=1S/C27H31N5O3S2/c1-14(2)18-13-37(33)25-22(20-12-17-5-8-29-26(28-4)24(17)36-20)21(27-32-31-15(3)35-27)19(30-23(18)25)11-16-6-9-34-10-7-16/h5,8,12,14,16,18H,6-7,9-11,13H2,1-4H3,(H,28,29). The summed E-state index contributed by atoms with van der Waals surface area (Å²) in [5.74, 6) is 3.30. The Labute approximate surface area is 222 Å². The minimum Gasteiger partial charge on any atom is -0.421 e. The van der Waals surface area contributed by atoms with Crippen molar-refractivity contribution >= 4 is 38.0 Å². The molecule has 0 spiro atoms. The number of fused-ring (bicyclic) bond motifs is 2. The van der Waals surface area contributed by atoms with Gasteiger partial charge in [-0.2, -0.15) is 0 Å². The first-order valence-electron chi connectivity index (χ1n) is 12.8. The van der Waals surface area contributed by atoms with Gasteiger partial charge in [0.2, 0.25) is 11.8 Å². The molecule has 1 saturated heterocycles. The molecule has 37 heavy (non-hydrogen) atoms. The van der Waals surface area contributed by atoms with Gasteiger partial charge in [-0.3, -0.25) is 9.19 Å². The van der Waals surface area contributed by atoms with E-state index in [2.05, 4.69) is 40.4 Å². The number of nitrogens with one attached hydrogen (secondary N) is 1. The number of aryl methyl sites for hydroxylation is 1. The minimum absolute atomic E-state index is 0.144. The lowest BCUT2D eigenvalue weighted by Crippen LogP contribution is -2.19. The first-order valence-corrected chi connectivity index (χ1v) is 15.0. The molecule has 194 valence electrons. The van der Waals surface area contributed by atoms with Gasteiger partial charge in [0, 0.05) is 55.5 Å². The van der Waals surface area contributed by atoms with Crippen molar-refractivity contribution in [1.82, 2.24) is 20.2 Å². The molecule has 0 saturated carbocycles. The Balaban J connectivity index is 1.66. The van der Waals surface area contributed by atoms with Crippen LogP contribution in [-0.2, 0) is 22.0 Å². The number of pyridine rings is 2. The number of aromatic nitrogens is 4. The van der Waals surface area contributed by atoms with Gasteiger partial charge < -0.3 is 14.5 Å². The molecule has 0 bridgehead atoms. The van der Waals surface area contributed by atoms with Crippen molar-refractivity contribution in [1.29, 1.82) is 0 Å². The third kappa shape index (κ3) is 4.38. The Morgan fingerprint density at radius 1 is 1.22 bits per heavy atom. The molecule has 1 N–H and O–H groups in total. The van der Waals surface area contributed by atoms with E-state index < -0.39 is 10.8 Å². The predicted octanol–water partition coefficient (Wildman–Crippen LogP) is 5.59. The van der Waals surface area contributed by atoms with Gasteiger partial charge in [0.25, 0.3) is 0 Å². The van der Waals surface area contributed by atoms with Crippen LogP contribution in [0.1, 0.15) is 49.9 Å². The molecular formula is C27H31N5O3S2. The average molecular weight is 538 g/mol. The molecule has 2 aliphatic heterocycles. The molecule has 0 radical (unpaired) electrons. The van der Waals surface area contributed by atoms with Crippen LogP contribution in [0.5, 0.6) is 0 Å². The average Bonchev–Trinajstić information content (AvgIpc) is 3.60.